The summed E-state index contributed by atoms with van der Waals surface area (Å²) in [6, 6.07) is 9.71. The van der Waals surface area contributed by atoms with E-state index in [0.717, 1.165) is 22.7 Å². The number of aromatic nitrogens is 2. The first-order valence-corrected chi connectivity index (χ1v) is 8.59. The Morgan fingerprint density at radius 2 is 2.04 bits per heavy atom. The third-order valence-corrected chi connectivity index (χ3v) is 4.38. The molecule has 2 N–H and O–H groups in total. The number of nitrogens with one attached hydrogen (secondary N) is 2. The van der Waals surface area contributed by atoms with Gasteiger partial charge in [0, 0.05) is 18.4 Å². The summed E-state index contributed by atoms with van der Waals surface area (Å²) in [5.74, 6) is 0. The number of hydrogen-bond donors (Lipinski definition) is 2. The molecule has 5 nitrogen and oxygen atoms in total. The second-order valence-corrected chi connectivity index (χ2v) is 6.35. The number of thiophene rings is 1. The first-order chi connectivity index (χ1) is 12.4. The van der Waals surface area contributed by atoms with Crippen LogP contribution in [0.5, 0.6) is 0 Å². The number of anilines is 1. The highest BCUT2D eigenvalue weighted by Crippen LogP contribution is 2.30. The fourth-order valence-electron chi connectivity index (χ4n) is 2.27. The van der Waals surface area contributed by atoms with Gasteiger partial charge in [0.1, 0.15) is 5.69 Å². The average molecular weight is 380 g/mol. The van der Waals surface area contributed by atoms with Crippen LogP contribution in [0.1, 0.15) is 5.56 Å². The van der Waals surface area contributed by atoms with Crippen molar-refractivity contribution in [2.75, 3.05) is 11.9 Å². The van der Waals surface area contributed by atoms with Gasteiger partial charge in [-0.05, 0) is 35.7 Å². The van der Waals surface area contributed by atoms with Gasteiger partial charge in [-0.15, -0.1) is 11.3 Å². The molecule has 136 valence electrons. The van der Waals surface area contributed by atoms with Crippen molar-refractivity contribution < 1.29 is 18.0 Å². The zero-order valence-corrected chi connectivity index (χ0v) is 14.3. The highest BCUT2D eigenvalue weighted by molar-refractivity contribution is 7.13. The molecule has 2 heterocycles. The van der Waals surface area contributed by atoms with E-state index < -0.39 is 17.8 Å². The Labute approximate surface area is 151 Å². The Morgan fingerprint density at radius 3 is 2.77 bits per heavy atom. The molecule has 0 radical (unpaired) electrons. The van der Waals surface area contributed by atoms with E-state index in [1.54, 1.807) is 22.2 Å². The summed E-state index contributed by atoms with van der Waals surface area (Å²) >= 11 is 1.59. The molecule has 9 heteroatoms. The highest BCUT2D eigenvalue weighted by Gasteiger charge is 2.30. The van der Waals surface area contributed by atoms with Gasteiger partial charge in [0.2, 0.25) is 0 Å². The van der Waals surface area contributed by atoms with Gasteiger partial charge >= 0.3 is 12.2 Å². The van der Waals surface area contributed by atoms with E-state index >= 15 is 0 Å². The summed E-state index contributed by atoms with van der Waals surface area (Å²) in [6.07, 6.45) is -2.64. The number of rotatable bonds is 5. The van der Waals surface area contributed by atoms with E-state index in [1.807, 2.05) is 23.6 Å². The lowest BCUT2D eigenvalue weighted by Crippen LogP contribution is -2.31. The van der Waals surface area contributed by atoms with E-state index in [1.165, 1.54) is 12.1 Å². The van der Waals surface area contributed by atoms with Crippen molar-refractivity contribution in [1.29, 1.82) is 0 Å². The third-order valence-electron chi connectivity index (χ3n) is 3.49. The van der Waals surface area contributed by atoms with Crippen LogP contribution in [-0.2, 0) is 12.7 Å². The van der Waals surface area contributed by atoms with Crippen LogP contribution in [0.3, 0.4) is 0 Å². The number of carbonyl (C=O) groups excluding carboxylic acids is 1. The molecule has 2 amide bonds. The van der Waals surface area contributed by atoms with Crippen LogP contribution in [-0.4, -0.2) is 22.4 Å². The smallest absolute Gasteiger partial charge is 0.336 e. The standard InChI is InChI=1S/C17H15F3N4OS/c18-17(19,20)12-3-1-4-13(11-12)22-16(25)21-7-9-24-8-6-14(23-24)15-5-2-10-26-15/h1-6,8,10-11H,7,9H2,(H2,21,22,25). The SMILES string of the molecule is O=C(NCCn1ccc(-c2cccs2)n1)Nc1cccc(C(F)(F)F)c1. The van der Waals surface area contributed by atoms with E-state index in [9.17, 15) is 18.0 Å². The topological polar surface area (TPSA) is 59.0 Å². The summed E-state index contributed by atoms with van der Waals surface area (Å²) in [6.45, 7) is 0.734. The van der Waals surface area contributed by atoms with Crippen molar-refractivity contribution in [2.45, 2.75) is 12.7 Å². The summed E-state index contributed by atoms with van der Waals surface area (Å²) in [4.78, 5) is 12.9. The first-order valence-electron chi connectivity index (χ1n) is 7.71. The summed E-state index contributed by atoms with van der Waals surface area (Å²) in [7, 11) is 0. The van der Waals surface area contributed by atoms with Crippen molar-refractivity contribution in [1.82, 2.24) is 15.1 Å². The molecule has 0 saturated heterocycles. The molecular weight excluding hydrogens is 365 g/mol. The van der Waals surface area contributed by atoms with Gasteiger partial charge in [-0.1, -0.05) is 12.1 Å². The molecule has 0 fully saturated rings. The monoisotopic (exact) mass is 380 g/mol. The second kappa shape index (κ2) is 7.61. The number of halogens is 3. The van der Waals surface area contributed by atoms with Gasteiger partial charge < -0.3 is 10.6 Å². The van der Waals surface area contributed by atoms with E-state index in [2.05, 4.69) is 15.7 Å². The van der Waals surface area contributed by atoms with Crippen molar-refractivity contribution in [3.05, 3.63) is 59.6 Å². The van der Waals surface area contributed by atoms with E-state index in [0.29, 0.717) is 6.54 Å². The number of alkyl halides is 3. The predicted octanol–water partition coefficient (Wildman–Crippen LogP) is 4.45. The molecule has 3 aromatic rings. The van der Waals surface area contributed by atoms with E-state index in [-0.39, 0.29) is 12.2 Å². The van der Waals surface area contributed by atoms with Gasteiger partial charge in [0.05, 0.1) is 17.0 Å². The molecule has 0 unspecified atom stereocenters. The molecule has 26 heavy (non-hydrogen) atoms. The van der Waals surface area contributed by atoms with Crippen molar-refractivity contribution in [3.63, 3.8) is 0 Å². The van der Waals surface area contributed by atoms with Crippen molar-refractivity contribution in [3.8, 4) is 10.6 Å². The Kier molecular flexibility index (Phi) is 5.27. The largest absolute Gasteiger partial charge is 0.416 e. The normalized spacial score (nSPS) is 11.3. The van der Waals surface area contributed by atoms with Crippen molar-refractivity contribution >= 4 is 23.1 Å². The molecule has 1 aromatic carbocycles. The summed E-state index contributed by atoms with van der Waals surface area (Å²) in [5, 5.41) is 11.4. The van der Waals surface area contributed by atoms with Crippen LogP contribution in [0, 0.1) is 0 Å². The summed E-state index contributed by atoms with van der Waals surface area (Å²) in [5.41, 5.74) is 0.123. The van der Waals surface area contributed by atoms with Crippen molar-refractivity contribution in [2.24, 2.45) is 0 Å². The fourth-order valence-corrected chi connectivity index (χ4v) is 2.96. The van der Waals surface area contributed by atoms with Crippen LogP contribution in [0.15, 0.2) is 54.0 Å². The molecule has 0 aliphatic carbocycles. The van der Waals surface area contributed by atoms with Crippen LogP contribution in [0.2, 0.25) is 0 Å². The Balaban J connectivity index is 1.49. The lowest BCUT2D eigenvalue weighted by molar-refractivity contribution is -0.137. The number of urea groups is 1. The van der Waals surface area contributed by atoms with Gasteiger partial charge in [-0.2, -0.15) is 18.3 Å². The Hall–Kier alpha value is -2.81. The average Bonchev–Trinajstić information content (AvgIpc) is 3.25. The number of carbonyl (C=O) groups is 1. The van der Waals surface area contributed by atoms with Crippen LogP contribution >= 0.6 is 11.3 Å². The minimum absolute atomic E-state index is 0.0800. The van der Waals surface area contributed by atoms with Gasteiger partial charge in [0.25, 0.3) is 0 Å². The van der Waals surface area contributed by atoms with Crippen LogP contribution in [0.4, 0.5) is 23.7 Å². The molecule has 0 spiro atoms. The number of nitrogens with zero attached hydrogens (tertiary/aromatic N) is 2. The molecule has 0 aliphatic rings. The third kappa shape index (κ3) is 4.63. The lowest BCUT2D eigenvalue weighted by atomic mass is 10.2. The van der Waals surface area contributed by atoms with Crippen LogP contribution < -0.4 is 10.6 Å². The highest BCUT2D eigenvalue weighted by atomic mass is 32.1. The maximum atomic E-state index is 12.7. The predicted molar refractivity (Wildman–Crippen MR) is 94.0 cm³/mol. The molecular formula is C17H15F3N4OS. The van der Waals surface area contributed by atoms with Gasteiger partial charge in [0.15, 0.2) is 0 Å². The quantitative estimate of drug-likeness (QED) is 0.687. The molecule has 0 saturated carbocycles. The lowest BCUT2D eigenvalue weighted by Gasteiger charge is -2.10. The molecule has 0 aliphatic heterocycles. The molecule has 0 atom stereocenters. The van der Waals surface area contributed by atoms with E-state index in [4.69, 9.17) is 0 Å². The molecule has 0 bridgehead atoms. The maximum absolute atomic E-state index is 12.7. The Morgan fingerprint density at radius 1 is 1.19 bits per heavy atom. The first kappa shape index (κ1) is 18.0. The number of benzene rings is 1. The van der Waals surface area contributed by atoms with Gasteiger partial charge in [-0.3, -0.25) is 4.68 Å². The maximum Gasteiger partial charge on any atom is 0.416 e. The van der Waals surface area contributed by atoms with Gasteiger partial charge in [-0.25, -0.2) is 4.79 Å². The molecule has 2 aromatic heterocycles. The summed E-state index contributed by atoms with van der Waals surface area (Å²) < 4.78 is 39.7. The second-order valence-electron chi connectivity index (χ2n) is 5.40. The zero-order valence-electron chi connectivity index (χ0n) is 13.5. The minimum atomic E-state index is -4.45. The van der Waals surface area contributed by atoms with Crippen LogP contribution in [0.25, 0.3) is 10.6 Å². The number of hydrogen-bond acceptors (Lipinski definition) is 3. The number of amides is 2. The Bertz CT molecular complexity index is 874. The molecule has 3 rings (SSSR count). The fraction of sp³-hybridized carbons (Fsp3) is 0.176. The zero-order chi connectivity index (χ0) is 18.6. The minimum Gasteiger partial charge on any atom is -0.336 e.